The van der Waals surface area contributed by atoms with Crippen molar-refractivity contribution < 1.29 is 42.1 Å². The zero-order valence-electron chi connectivity index (χ0n) is 38.1. The largest absolute Gasteiger partial charge is 0.756 e. The van der Waals surface area contributed by atoms with E-state index in [1.165, 1.54) is 0 Å². The molecule has 0 fully saturated rings. The number of carbonyl (C=O) groups excluding carboxylic acids is 2. The maximum Gasteiger partial charge on any atom is 0.306 e. The Morgan fingerprint density at radius 2 is 0.900 bits per heavy atom. The number of likely N-dealkylation sites (N-methyl/N-ethyl adjacent to an activating group) is 1. The molecule has 0 rings (SSSR count). The number of ether oxygens (including phenoxy) is 2. The van der Waals surface area contributed by atoms with E-state index in [-0.39, 0.29) is 26.1 Å². The van der Waals surface area contributed by atoms with Gasteiger partial charge in [-0.15, -0.1) is 0 Å². The van der Waals surface area contributed by atoms with E-state index in [1.807, 2.05) is 21.1 Å². The van der Waals surface area contributed by atoms with Crippen molar-refractivity contribution in [3.63, 3.8) is 0 Å². The molecule has 0 spiro atoms. The van der Waals surface area contributed by atoms with Gasteiger partial charge >= 0.3 is 11.9 Å². The van der Waals surface area contributed by atoms with Gasteiger partial charge in [-0.2, -0.15) is 0 Å². The van der Waals surface area contributed by atoms with E-state index >= 15 is 0 Å². The Morgan fingerprint density at radius 3 is 1.33 bits per heavy atom. The van der Waals surface area contributed by atoms with E-state index < -0.39 is 32.5 Å². The third-order valence-electron chi connectivity index (χ3n) is 8.79. The normalized spacial score (nSPS) is 14.6. The van der Waals surface area contributed by atoms with E-state index in [1.54, 1.807) is 0 Å². The van der Waals surface area contributed by atoms with Crippen LogP contribution in [-0.2, 0) is 32.7 Å². The van der Waals surface area contributed by atoms with Crippen LogP contribution in [-0.4, -0.2) is 70.0 Å². The molecule has 0 radical (unpaired) electrons. The summed E-state index contributed by atoms with van der Waals surface area (Å²) in [7, 11) is 1.11. The zero-order chi connectivity index (χ0) is 44.3. The van der Waals surface area contributed by atoms with Gasteiger partial charge in [-0.05, 0) is 96.3 Å². The summed E-state index contributed by atoms with van der Waals surface area (Å²) < 4.78 is 33.8. The molecule has 0 aliphatic heterocycles. The zero-order valence-corrected chi connectivity index (χ0v) is 39.0. The van der Waals surface area contributed by atoms with Gasteiger partial charge in [0.1, 0.15) is 19.8 Å². The summed E-state index contributed by atoms with van der Waals surface area (Å²) in [6, 6.07) is 0. The minimum atomic E-state index is -4.65. The van der Waals surface area contributed by atoms with Gasteiger partial charge in [-0.1, -0.05) is 142 Å². The van der Waals surface area contributed by atoms with Crippen LogP contribution in [0.15, 0.2) is 109 Å². The minimum Gasteiger partial charge on any atom is -0.756 e. The predicted molar refractivity (Wildman–Crippen MR) is 249 cm³/mol. The lowest BCUT2D eigenvalue weighted by molar-refractivity contribution is -0.870. The first-order valence-electron chi connectivity index (χ1n) is 22.6. The minimum absolute atomic E-state index is 0.0480. The number of allylic oxidation sites excluding steroid dienone is 18. The fourth-order valence-corrected chi connectivity index (χ4v) is 6.05. The fraction of sp³-hybridized carbons (Fsp3) is 0.600. The molecule has 0 amide bonds. The maximum atomic E-state index is 12.7. The van der Waals surface area contributed by atoms with Gasteiger partial charge < -0.3 is 27.9 Å². The summed E-state index contributed by atoms with van der Waals surface area (Å²) in [5.41, 5.74) is 0. The standard InChI is InChI=1S/C50H82NO8P/c1-6-8-10-12-14-16-18-20-21-22-23-24-25-26-27-28-29-31-33-35-37-39-41-43-50(53)59-48(47-58-60(54,55)57-45-44-51(3,4)5)46-56-49(52)42-40-38-36-34-32-30-19-17-15-13-11-9-7-2/h8-11,14-17,20-21,23-24,26-27,29-32,48H,6-7,12-13,18-19,22,25,28,33-47H2,1-5H3/b10-8-,11-9-,16-14-,17-15-,21-20-,24-23-,27-26-,31-29-,32-30-. The quantitative estimate of drug-likeness (QED) is 0.0198. The number of rotatable bonds is 39. The van der Waals surface area contributed by atoms with Crippen LogP contribution < -0.4 is 4.89 Å². The van der Waals surface area contributed by atoms with Crippen molar-refractivity contribution in [3.05, 3.63) is 109 Å². The second-order valence-electron chi connectivity index (χ2n) is 15.6. The molecule has 9 nitrogen and oxygen atoms in total. The van der Waals surface area contributed by atoms with Gasteiger partial charge in [-0.25, -0.2) is 0 Å². The van der Waals surface area contributed by atoms with E-state index in [9.17, 15) is 19.0 Å². The summed E-state index contributed by atoms with van der Waals surface area (Å²) in [6.07, 6.45) is 55.5. The van der Waals surface area contributed by atoms with Gasteiger partial charge in [0.25, 0.3) is 7.82 Å². The highest BCUT2D eigenvalue weighted by Gasteiger charge is 2.21. The van der Waals surface area contributed by atoms with Crippen molar-refractivity contribution in [2.24, 2.45) is 0 Å². The molecule has 0 aromatic rings. The van der Waals surface area contributed by atoms with Crippen molar-refractivity contribution in [3.8, 4) is 0 Å². The molecule has 2 unspecified atom stereocenters. The van der Waals surface area contributed by atoms with Crippen LogP contribution in [0, 0.1) is 0 Å². The summed E-state index contributed by atoms with van der Waals surface area (Å²) in [6.45, 7) is 3.90. The number of nitrogens with zero attached hydrogens (tertiary/aromatic N) is 1. The van der Waals surface area contributed by atoms with Crippen LogP contribution in [0.1, 0.15) is 142 Å². The molecule has 10 heteroatoms. The second-order valence-corrected chi connectivity index (χ2v) is 17.1. The molecule has 0 saturated heterocycles. The van der Waals surface area contributed by atoms with Crippen LogP contribution in [0.5, 0.6) is 0 Å². The van der Waals surface area contributed by atoms with E-state index in [0.29, 0.717) is 23.9 Å². The van der Waals surface area contributed by atoms with E-state index in [0.717, 1.165) is 103 Å². The van der Waals surface area contributed by atoms with Crippen LogP contribution in [0.25, 0.3) is 0 Å². The van der Waals surface area contributed by atoms with Crippen molar-refractivity contribution in [1.29, 1.82) is 0 Å². The Labute approximate surface area is 366 Å². The van der Waals surface area contributed by atoms with Crippen LogP contribution in [0.3, 0.4) is 0 Å². The molecule has 0 aromatic heterocycles. The van der Waals surface area contributed by atoms with Gasteiger partial charge in [0.15, 0.2) is 6.10 Å². The molecule has 2 atom stereocenters. The van der Waals surface area contributed by atoms with Crippen LogP contribution in [0.4, 0.5) is 0 Å². The average Bonchev–Trinajstić information content (AvgIpc) is 3.20. The molecule has 0 aromatic carbocycles. The third kappa shape index (κ3) is 44.2. The molecule has 0 saturated carbocycles. The highest BCUT2D eigenvalue weighted by atomic mass is 31.2. The first-order valence-corrected chi connectivity index (χ1v) is 24.1. The van der Waals surface area contributed by atoms with Crippen LogP contribution >= 0.6 is 7.82 Å². The van der Waals surface area contributed by atoms with Crippen molar-refractivity contribution in [2.75, 3.05) is 47.5 Å². The summed E-state index contributed by atoms with van der Waals surface area (Å²) in [5, 5.41) is 0. The first kappa shape index (κ1) is 56.7. The molecular formula is C50H82NO8P. The summed E-state index contributed by atoms with van der Waals surface area (Å²) in [4.78, 5) is 37.5. The monoisotopic (exact) mass is 856 g/mol. The molecule has 340 valence electrons. The Kier molecular flexibility index (Phi) is 38.8. The highest BCUT2D eigenvalue weighted by Crippen LogP contribution is 2.38. The van der Waals surface area contributed by atoms with Gasteiger partial charge in [0.2, 0.25) is 0 Å². The topological polar surface area (TPSA) is 111 Å². The smallest absolute Gasteiger partial charge is 0.306 e. The van der Waals surface area contributed by atoms with E-state index in [4.69, 9.17) is 18.5 Å². The van der Waals surface area contributed by atoms with Gasteiger partial charge in [-0.3, -0.25) is 14.2 Å². The number of phosphoric ester groups is 1. The lowest BCUT2D eigenvalue weighted by atomic mass is 10.1. The number of unbranched alkanes of at least 4 members (excludes halogenated alkanes) is 7. The van der Waals surface area contributed by atoms with Crippen molar-refractivity contribution >= 4 is 19.8 Å². The Morgan fingerprint density at radius 1 is 0.517 bits per heavy atom. The molecule has 0 N–H and O–H groups in total. The molecule has 0 aliphatic carbocycles. The van der Waals surface area contributed by atoms with Gasteiger partial charge in [0.05, 0.1) is 27.7 Å². The maximum absolute atomic E-state index is 12.7. The average molecular weight is 856 g/mol. The van der Waals surface area contributed by atoms with Crippen LogP contribution in [0.2, 0.25) is 0 Å². The molecule has 60 heavy (non-hydrogen) atoms. The third-order valence-corrected chi connectivity index (χ3v) is 9.75. The first-order chi connectivity index (χ1) is 29.0. The second kappa shape index (κ2) is 41.0. The molecule has 0 heterocycles. The lowest BCUT2D eigenvalue weighted by Crippen LogP contribution is -2.37. The van der Waals surface area contributed by atoms with Gasteiger partial charge in [0, 0.05) is 12.8 Å². The number of hydrogen-bond acceptors (Lipinski definition) is 8. The SMILES string of the molecule is CC/C=C\C/C=C\C/C=C\C/C=C\C/C=C\C/C=C\CCCCCCC(=O)OC(COC(=O)CCCCC/C=C\C/C=C\C/C=C\CC)COP(=O)([O-])OCC[N+](C)(C)C. The van der Waals surface area contributed by atoms with Crippen molar-refractivity contribution in [1.82, 2.24) is 0 Å². The Balaban J connectivity index is 4.44. The Bertz CT molecular complexity index is 1380. The number of carbonyl (C=O) groups is 2. The number of esters is 2. The summed E-state index contributed by atoms with van der Waals surface area (Å²) >= 11 is 0. The molecule has 0 bridgehead atoms. The Hall–Kier alpha value is -3.33. The van der Waals surface area contributed by atoms with E-state index in [2.05, 4.69) is 123 Å². The molecule has 0 aliphatic rings. The number of phosphoric acid groups is 1. The lowest BCUT2D eigenvalue weighted by Gasteiger charge is -2.28. The highest BCUT2D eigenvalue weighted by molar-refractivity contribution is 7.45. The van der Waals surface area contributed by atoms with Crippen molar-refractivity contribution in [2.45, 2.75) is 148 Å². The number of hydrogen-bond donors (Lipinski definition) is 0. The number of quaternary nitrogens is 1. The fourth-order valence-electron chi connectivity index (χ4n) is 5.32. The molecular weight excluding hydrogens is 774 g/mol. The summed E-state index contributed by atoms with van der Waals surface area (Å²) in [5.74, 6) is -0.912. The predicted octanol–water partition coefficient (Wildman–Crippen LogP) is 12.5.